The number of H-pyrrole nitrogens is 1. The van der Waals surface area contributed by atoms with Crippen LogP contribution in [0.5, 0.6) is 5.75 Å². The summed E-state index contributed by atoms with van der Waals surface area (Å²) in [5.74, 6) is 0.482. The first kappa shape index (κ1) is 14.1. The molecular formula is C17H17N3O2. The molecule has 0 aliphatic carbocycles. The summed E-state index contributed by atoms with van der Waals surface area (Å²) in [7, 11) is 1.60. The number of fused-ring (bicyclic) bond motifs is 1. The van der Waals surface area contributed by atoms with Gasteiger partial charge >= 0.3 is 0 Å². The summed E-state index contributed by atoms with van der Waals surface area (Å²) in [6.45, 7) is 3.94. The number of rotatable bonds is 3. The molecule has 0 aliphatic rings. The van der Waals surface area contributed by atoms with E-state index in [0.29, 0.717) is 17.0 Å². The monoisotopic (exact) mass is 295 g/mol. The molecule has 0 spiro atoms. The molecule has 5 nitrogen and oxygen atoms in total. The van der Waals surface area contributed by atoms with Gasteiger partial charge in [-0.2, -0.15) is 0 Å². The maximum atomic E-state index is 12.5. The zero-order valence-electron chi connectivity index (χ0n) is 12.7. The highest BCUT2D eigenvalue weighted by Crippen LogP contribution is 2.30. The Labute approximate surface area is 128 Å². The number of imidazole rings is 1. The first-order valence-electron chi connectivity index (χ1n) is 6.98. The van der Waals surface area contributed by atoms with E-state index in [0.717, 1.165) is 22.2 Å². The molecule has 3 rings (SSSR count). The van der Waals surface area contributed by atoms with Gasteiger partial charge in [0.1, 0.15) is 5.75 Å². The third-order valence-corrected chi connectivity index (χ3v) is 3.58. The lowest BCUT2D eigenvalue weighted by atomic mass is 10.1. The summed E-state index contributed by atoms with van der Waals surface area (Å²) in [6, 6.07) is 9.28. The van der Waals surface area contributed by atoms with Crippen molar-refractivity contribution in [3.63, 3.8) is 0 Å². The van der Waals surface area contributed by atoms with Crippen molar-refractivity contribution in [1.29, 1.82) is 0 Å². The summed E-state index contributed by atoms with van der Waals surface area (Å²) in [4.78, 5) is 19.6. The average molecular weight is 295 g/mol. The molecule has 0 radical (unpaired) electrons. The molecule has 0 atom stereocenters. The summed E-state index contributed by atoms with van der Waals surface area (Å²) < 4.78 is 5.37. The van der Waals surface area contributed by atoms with E-state index in [1.807, 2.05) is 32.0 Å². The Kier molecular flexibility index (Phi) is 3.55. The van der Waals surface area contributed by atoms with Crippen LogP contribution in [0, 0.1) is 13.8 Å². The van der Waals surface area contributed by atoms with Crippen LogP contribution in [0.2, 0.25) is 0 Å². The molecule has 1 aromatic heterocycles. The summed E-state index contributed by atoms with van der Waals surface area (Å²) in [6.07, 6.45) is 1.61. The number of aryl methyl sites for hydroxylation is 2. The topological polar surface area (TPSA) is 67.0 Å². The number of carbonyl (C=O) groups excluding carboxylic acids is 1. The highest BCUT2D eigenvalue weighted by Gasteiger charge is 2.13. The number of benzene rings is 2. The minimum Gasteiger partial charge on any atom is -0.495 e. The second-order valence-corrected chi connectivity index (χ2v) is 5.25. The number of aromatic amines is 1. The number of amides is 1. The van der Waals surface area contributed by atoms with Crippen LogP contribution in [0.3, 0.4) is 0 Å². The number of methoxy groups -OCH3 is 1. The van der Waals surface area contributed by atoms with E-state index < -0.39 is 0 Å². The van der Waals surface area contributed by atoms with Gasteiger partial charge in [0, 0.05) is 5.56 Å². The predicted molar refractivity (Wildman–Crippen MR) is 86.5 cm³/mol. The Morgan fingerprint density at radius 2 is 2.05 bits per heavy atom. The molecule has 5 heteroatoms. The van der Waals surface area contributed by atoms with E-state index >= 15 is 0 Å². The van der Waals surface area contributed by atoms with Crippen LogP contribution in [0.15, 0.2) is 36.7 Å². The molecule has 22 heavy (non-hydrogen) atoms. The van der Waals surface area contributed by atoms with Gasteiger partial charge in [-0.3, -0.25) is 4.79 Å². The van der Waals surface area contributed by atoms with Crippen molar-refractivity contribution in [2.24, 2.45) is 0 Å². The molecule has 0 bridgehead atoms. The molecule has 0 aliphatic heterocycles. The number of hydrogen-bond acceptors (Lipinski definition) is 3. The SMILES string of the molecule is COc1cc(C)cc(C)c1NC(=O)c1ccc2nc[nH]c2c1. The number of ether oxygens (including phenoxy) is 1. The number of carbonyl (C=O) groups is 1. The van der Waals surface area contributed by atoms with Crippen LogP contribution in [-0.2, 0) is 0 Å². The molecule has 2 aromatic carbocycles. The number of hydrogen-bond donors (Lipinski definition) is 2. The van der Waals surface area contributed by atoms with Crippen molar-refractivity contribution in [3.8, 4) is 5.75 Å². The van der Waals surface area contributed by atoms with E-state index in [2.05, 4.69) is 15.3 Å². The molecule has 3 aromatic rings. The van der Waals surface area contributed by atoms with Gasteiger partial charge in [-0.1, -0.05) is 6.07 Å². The highest BCUT2D eigenvalue weighted by atomic mass is 16.5. The Morgan fingerprint density at radius 3 is 2.82 bits per heavy atom. The highest BCUT2D eigenvalue weighted by molar-refractivity contribution is 6.07. The standard InChI is InChI=1S/C17H17N3O2/c1-10-6-11(2)16(15(7-10)22-3)20-17(21)12-4-5-13-14(8-12)19-9-18-13/h4-9H,1-3H3,(H,18,19)(H,20,21). The first-order chi connectivity index (χ1) is 10.6. The molecule has 0 fully saturated rings. The molecule has 0 unspecified atom stereocenters. The van der Waals surface area contributed by atoms with Crippen LogP contribution in [-0.4, -0.2) is 23.0 Å². The van der Waals surface area contributed by atoms with E-state index in [9.17, 15) is 4.79 Å². The quantitative estimate of drug-likeness (QED) is 0.777. The van der Waals surface area contributed by atoms with Crippen molar-refractivity contribution in [1.82, 2.24) is 9.97 Å². The lowest BCUT2D eigenvalue weighted by Gasteiger charge is -2.14. The van der Waals surface area contributed by atoms with Crippen LogP contribution in [0.1, 0.15) is 21.5 Å². The van der Waals surface area contributed by atoms with E-state index in [1.165, 1.54) is 0 Å². The number of nitrogens with zero attached hydrogens (tertiary/aromatic N) is 1. The van der Waals surface area contributed by atoms with Gasteiger partial charge < -0.3 is 15.0 Å². The van der Waals surface area contributed by atoms with E-state index in [1.54, 1.807) is 25.6 Å². The second-order valence-electron chi connectivity index (χ2n) is 5.25. The maximum Gasteiger partial charge on any atom is 0.255 e. The minimum atomic E-state index is -0.179. The zero-order chi connectivity index (χ0) is 15.7. The third kappa shape index (κ3) is 2.53. The van der Waals surface area contributed by atoms with Gasteiger partial charge in [-0.05, 0) is 49.2 Å². The van der Waals surface area contributed by atoms with Crippen molar-refractivity contribution in [3.05, 3.63) is 53.3 Å². The molecule has 0 saturated heterocycles. The number of anilines is 1. The number of nitrogens with one attached hydrogen (secondary N) is 2. The summed E-state index contributed by atoms with van der Waals surface area (Å²) in [5, 5.41) is 2.93. The Morgan fingerprint density at radius 1 is 1.23 bits per heavy atom. The predicted octanol–water partition coefficient (Wildman–Crippen LogP) is 3.44. The van der Waals surface area contributed by atoms with Crippen LogP contribution >= 0.6 is 0 Å². The van der Waals surface area contributed by atoms with Crippen LogP contribution in [0.4, 0.5) is 5.69 Å². The maximum absolute atomic E-state index is 12.5. The Balaban J connectivity index is 1.94. The zero-order valence-corrected chi connectivity index (χ0v) is 12.7. The number of aromatic nitrogens is 2. The summed E-state index contributed by atoms with van der Waals surface area (Å²) >= 11 is 0. The average Bonchev–Trinajstić information content (AvgIpc) is 2.96. The Bertz CT molecular complexity index is 852. The fourth-order valence-electron chi connectivity index (χ4n) is 2.51. The van der Waals surface area contributed by atoms with Gasteiger partial charge in [0.25, 0.3) is 5.91 Å². The molecule has 0 saturated carbocycles. The minimum absolute atomic E-state index is 0.179. The first-order valence-corrected chi connectivity index (χ1v) is 6.98. The van der Waals surface area contributed by atoms with Crippen LogP contribution < -0.4 is 10.1 Å². The fourth-order valence-corrected chi connectivity index (χ4v) is 2.51. The third-order valence-electron chi connectivity index (χ3n) is 3.58. The molecular weight excluding hydrogens is 278 g/mol. The van der Waals surface area contributed by atoms with Crippen molar-refractivity contribution < 1.29 is 9.53 Å². The molecule has 1 heterocycles. The largest absolute Gasteiger partial charge is 0.495 e. The lowest BCUT2D eigenvalue weighted by molar-refractivity contribution is 0.102. The van der Waals surface area contributed by atoms with Gasteiger partial charge in [-0.15, -0.1) is 0 Å². The summed E-state index contributed by atoms with van der Waals surface area (Å²) in [5.41, 5.74) is 4.99. The van der Waals surface area contributed by atoms with Gasteiger partial charge in [-0.25, -0.2) is 4.98 Å². The molecule has 1 amide bonds. The lowest BCUT2D eigenvalue weighted by Crippen LogP contribution is -2.13. The smallest absolute Gasteiger partial charge is 0.255 e. The fraction of sp³-hybridized carbons (Fsp3) is 0.176. The van der Waals surface area contributed by atoms with E-state index in [4.69, 9.17) is 4.74 Å². The van der Waals surface area contributed by atoms with Crippen LogP contribution in [0.25, 0.3) is 11.0 Å². The molecule has 2 N–H and O–H groups in total. The van der Waals surface area contributed by atoms with Gasteiger partial charge in [0.2, 0.25) is 0 Å². The molecule has 112 valence electrons. The van der Waals surface area contributed by atoms with Crippen molar-refractivity contribution in [2.75, 3.05) is 12.4 Å². The van der Waals surface area contributed by atoms with Crippen molar-refractivity contribution >= 4 is 22.6 Å². The van der Waals surface area contributed by atoms with Gasteiger partial charge in [0.05, 0.1) is 30.2 Å². The normalized spacial score (nSPS) is 10.7. The second kappa shape index (κ2) is 5.52. The van der Waals surface area contributed by atoms with Crippen molar-refractivity contribution in [2.45, 2.75) is 13.8 Å². The van der Waals surface area contributed by atoms with E-state index in [-0.39, 0.29) is 5.91 Å². The Hall–Kier alpha value is -2.82. The van der Waals surface area contributed by atoms with Gasteiger partial charge in [0.15, 0.2) is 0 Å².